The van der Waals surface area contributed by atoms with Gasteiger partial charge in [0.2, 0.25) is 0 Å². The first-order valence-electron chi connectivity index (χ1n) is 5.94. The van der Waals surface area contributed by atoms with Crippen LogP contribution in [0.2, 0.25) is 0 Å². The van der Waals surface area contributed by atoms with Gasteiger partial charge in [0, 0.05) is 6.20 Å². The molecule has 0 atom stereocenters. The number of hydrogen-bond acceptors (Lipinski definition) is 4. The van der Waals surface area contributed by atoms with Crippen LogP contribution in [0.25, 0.3) is 11.5 Å². The van der Waals surface area contributed by atoms with Crippen LogP contribution in [0.15, 0.2) is 23.1 Å². The van der Waals surface area contributed by atoms with Crippen LogP contribution in [-0.4, -0.2) is 15.0 Å². The van der Waals surface area contributed by atoms with E-state index in [-0.39, 0.29) is 5.56 Å². The highest BCUT2D eigenvalue weighted by Crippen LogP contribution is 2.17. The van der Waals surface area contributed by atoms with Crippen LogP contribution in [0, 0.1) is 6.92 Å². The number of aryl methyl sites for hydroxylation is 1. The van der Waals surface area contributed by atoms with E-state index < -0.39 is 0 Å². The molecule has 0 amide bonds. The van der Waals surface area contributed by atoms with Gasteiger partial charge in [-0.05, 0) is 25.0 Å². The van der Waals surface area contributed by atoms with E-state index >= 15 is 0 Å². The molecule has 2 aromatic heterocycles. The van der Waals surface area contributed by atoms with E-state index in [0.29, 0.717) is 29.3 Å². The van der Waals surface area contributed by atoms with E-state index in [2.05, 4.69) is 15.0 Å². The maximum atomic E-state index is 11.9. The maximum Gasteiger partial charge on any atom is 0.256 e. The molecule has 0 radical (unpaired) electrons. The second kappa shape index (κ2) is 5.00. The number of nitrogens with zero attached hydrogens (tertiary/aromatic N) is 2. The van der Waals surface area contributed by atoms with Crippen molar-refractivity contribution in [2.75, 3.05) is 5.73 Å². The number of hydrogen-bond donors (Lipinski definition) is 2. The topological polar surface area (TPSA) is 84.7 Å². The number of nitrogen functional groups attached to an aromatic ring is 1. The lowest BCUT2D eigenvalue weighted by molar-refractivity contribution is 0.890. The molecule has 2 rings (SSSR count). The molecule has 0 aliphatic heterocycles. The Bertz CT molecular complexity index is 619. The molecule has 0 fully saturated rings. The van der Waals surface area contributed by atoms with E-state index in [1.807, 2.05) is 26.0 Å². The van der Waals surface area contributed by atoms with Crippen molar-refractivity contribution in [3.63, 3.8) is 0 Å². The van der Waals surface area contributed by atoms with Gasteiger partial charge in [0.25, 0.3) is 5.56 Å². The van der Waals surface area contributed by atoms with E-state index in [9.17, 15) is 4.79 Å². The molecule has 0 spiro atoms. The summed E-state index contributed by atoms with van der Waals surface area (Å²) in [6, 6.07) is 3.75. The van der Waals surface area contributed by atoms with Crippen LogP contribution in [0.3, 0.4) is 0 Å². The molecular formula is C13H16N4O. The highest BCUT2D eigenvalue weighted by Gasteiger charge is 2.11. The number of aromatic amines is 1. The average molecular weight is 244 g/mol. The Morgan fingerprint density at radius 1 is 1.44 bits per heavy atom. The van der Waals surface area contributed by atoms with E-state index in [1.54, 1.807) is 6.20 Å². The van der Waals surface area contributed by atoms with Crippen molar-refractivity contribution in [3.8, 4) is 11.5 Å². The minimum Gasteiger partial charge on any atom is -0.383 e. The normalized spacial score (nSPS) is 10.6. The fourth-order valence-corrected chi connectivity index (χ4v) is 1.85. The van der Waals surface area contributed by atoms with Crippen molar-refractivity contribution in [1.82, 2.24) is 15.0 Å². The minimum atomic E-state index is -0.176. The van der Waals surface area contributed by atoms with Crippen LogP contribution in [-0.2, 0) is 6.42 Å². The quantitative estimate of drug-likeness (QED) is 0.860. The number of rotatable bonds is 3. The zero-order chi connectivity index (χ0) is 13.1. The van der Waals surface area contributed by atoms with Crippen LogP contribution < -0.4 is 11.3 Å². The van der Waals surface area contributed by atoms with E-state index in [0.717, 1.165) is 12.0 Å². The van der Waals surface area contributed by atoms with Gasteiger partial charge in [-0.3, -0.25) is 9.78 Å². The van der Waals surface area contributed by atoms with Gasteiger partial charge < -0.3 is 10.7 Å². The van der Waals surface area contributed by atoms with Crippen LogP contribution >= 0.6 is 0 Å². The first-order chi connectivity index (χ1) is 8.63. The van der Waals surface area contributed by atoms with Gasteiger partial charge in [-0.15, -0.1) is 0 Å². The predicted molar refractivity (Wildman–Crippen MR) is 71.2 cm³/mol. The summed E-state index contributed by atoms with van der Waals surface area (Å²) in [6.45, 7) is 3.91. The lowest BCUT2D eigenvalue weighted by Gasteiger charge is -2.07. The van der Waals surface area contributed by atoms with E-state index in [1.165, 1.54) is 0 Å². The Labute approximate surface area is 105 Å². The molecule has 94 valence electrons. The Hall–Kier alpha value is -2.17. The summed E-state index contributed by atoms with van der Waals surface area (Å²) in [5, 5.41) is 0. The smallest absolute Gasteiger partial charge is 0.256 e. The molecular weight excluding hydrogens is 228 g/mol. The lowest BCUT2D eigenvalue weighted by atomic mass is 10.1. The van der Waals surface area contributed by atoms with Gasteiger partial charge in [0.15, 0.2) is 5.82 Å². The molecule has 18 heavy (non-hydrogen) atoms. The average Bonchev–Trinajstić information content (AvgIpc) is 2.34. The van der Waals surface area contributed by atoms with Gasteiger partial charge in [0.05, 0.1) is 5.56 Å². The molecule has 0 saturated carbocycles. The van der Waals surface area contributed by atoms with Crippen LogP contribution in [0.4, 0.5) is 5.82 Å². The Kier molecular flexibility index (Phi) is 3.41. The molecule has 0 aliphatic carbocycles. The molecule has 0 aliphatic rings. The van der Waals surface area contributed by atoms with Crippen LogP contribution in [0.1, 0.15) is 24.5 Å². The number of nitrogens with one attached hydrogen (secondary N) is 1. The zero-order valence-corrected chi connectivity index (χ0v) is 10.5. The molecule has 0 bridgehead atoms. The van der Waals surface area contributed by atoms with Crippen molar-refractivity contribution in [1.29, 1.82) is 0 Å². The molecule has 5 heteroatoms. The Balaban J connectivity index is 2.55. The first-order valence-corrected chi connectivity index (χ1v) is 5.94. The molecule has 2 aromatic rings. The van der Waals surface area contributed by atoms with Crippen molar-refractivity contribution in [2.24, 2.45) is 0 Å². The molecule has 0 unspecified atom stereocenters. The van der Waals surface area contributed by atoms with Crippen molar-refractivity contribution >= 4 is 5.82 Å². The molecule has 2 heterocycles. The predicted octanol–water partition coefficient (Wildman–Crippen LogP) is 1.68. The summed E-state index contributed by atoms with van der Waals surface area (Å²) in [5.74, 6) is 0.719. The van der Waals surface area contributed by atoms with Crippen molar-refractivity contribution in [2.45, 2.75) is 26.7 Å². The summed E-state index contributed by atoms with van der Waals surface area (Å²) in [5.41, 5.74) is 7.82. The van der Waals surface area contributed by atoms with Crippen molar-refractivity contribution < 1.29 is 0 Å². The monoisotopic (exact) mass is 244 g/mol. The summed E-state index contributed by atoms with van der Waals surface area (Å²) in [7, 11) is 0. The zero-order valence-electron chi connectivity index (χ0n) is 10.5. The van der Waals surface area contributed by atoms with Crippen molar-refractivity contribution in [3.05, 3.63) is 39.8 Å². The highest BCUT2D eigenvalue weighted by atomic mass is 16.1. The lowest BCUT2D eigenvalue weighted by Crippen LogP contribution is -2.18. The molecule has 3 N–H and O–H groups in total. The minimum absolute atomic E-state index is 0.176. The molecule has 0 saturated heterocycles. The van der Waals surface area contributed by atoms with Gasteiger partial charge in [0.1, 0.15) is 11.5 Å². The number of pyridine rings is 1. The third-order valence-corrected chi connectivity index (χ3v) is 2.78. The van der Waals surface area contributed by atoms with Gasteiger partial charge in [-0.25, -0.2) is 4.98 Å². The van der Waals surface area contributed by atoms with Gasteiger partial charge >= 0.3 is 0 Å². The molecule has 0 aromatic carbocycles. The summed E-state index contributed by atoms with van der Waals surface area (Å²) < 4.78 is 0. The standard InChI is InChI=1S/C13H16N4O/c1-3-5-9-11(14)16-12(17-13(9)18)10-8(2)6-4-7-15-10/h4,6-7H,3,5H2,1-2H3,(H3,14,16,17,18). The molecule has 5 nitrogen and oxygen atoms in total. The Morgan fingerprint density at radius 3 is 2.83 bits per heavy atom. The number of nitrogens with two attached hydrogens (primary N) is 1. The number of H-pyrrole nitrogens is 1. The fraction of sp³-hybridized carbons (Fsp3) is 0.308. The third kappa shape index (κ3) is 2.25. The second-order valence-electron chi connectivity index (χ2n) is 4.20. The third-order valence-electron chi connectivity index (χ3n) is 2.78. The highest BCUT2D eigenvalue weighted by molar-refractivity contribution is 5.56. The second-order valence-corrected chi connectivity index (χ2v) is 4.20. The first kappa shape index (κ1) is 12.3. The van der Waals surface area contributed by atoms with E-state index in [4.69, 9.17) is 5.73 Å². The maximum absolute atomic E-state index is 11.9. The SMILES string of the molecule is CCCc1c(N)nc(-c2ncccc2C)[nH]c1=O. The fourth-order valence-electron chi connectivity index (χ4n) is 1.85. The summed E-state index contributed by atoms with van der Waals surface area (Å²) in [4.78, 5) is 23.1. The summed E-state index contributed by atoms with van der Waals surface area (Å²) >= 11 is 0. The Morgan fingerprint density at radius 2 is 2.22 bits per heavy atom. The largest absolute Gasteiger partial charge is 0.383 e. The van der Waals surface area contributed by atoms with Crippen LogP contribution in [0.5, 0.6) is 0 Å². The van der Waals surface area contributed by atoms with Gasteiger partial charge in [-0.2, -0.15) is 0 Å². The number of aromatic nitrogens is 3. The summed E-state index contributed by atoms with van der Waals surface area (Å²) in [6.07, 6.45) is 3.16. The number of anilines is 1. The van der Waals surface area contributed by atoms with Gasteiger partial charge in [-0.1, -0.05) is 19.4 Å².